The first-order valence-electron chi connectivity index (χ1n) is 3.92. The van der Waals surface area contributed by atoms with Gasteiger partial charge in [-0.15, -0.1) is 0 Å². The van der Waals surface area contributed by atoms with Crippen LogP contribution in [0.5, 0.6) is 5.75 Å². The van der Waals surface area contributed by atoms with Gasteiger partial charge >= 0.3 is 6.18 Å². The topological polar surface area (TPSA) is 9.23 Å². The molecule has 4 heteroatoms. The molecule has 0 heterocycles. The molecule has 0 radical (unpaired) electrons. The second-order valence-corrected chi connectivity index (χ2v) is 2.62. The highest BCUT2D eigenvalue weighted by Gasteiger charge is 2.21. The lowest BCUT2D eigenvalue weighted by Crippen LogP contribution is -2.00. The van der Waals surface area contributed by atoms with Crippen LogP contribution in [0.25, 0.3) is 6.08 Å². The number of hydrogen-bond donors (Lipinski definition) is 0. The van der Waals surface area contributed by atoms with Crippen LogP contribution in [0.3, 0.4) is 0 Å². The molecule has 0 amide bonds. The maximum Gasteiger partial charge on any atom is 0.409 e. The third-order valence-corrected chi connectivity index (χ3v) is 1.59. The third kappa shape index (κ3) is 3.12. The number of hydrogen-bond acceptors (Lipinski definition) is 1. The predicted octanol–water partition coefficient (Wildman–Crippen LogP) is 3.27. The van der Waals surface area contributed by atoms with Crippen molar-refractivity contribution < 1.29 is 17.9 Å². The first kappa shape index (κ1) is 10.6. The molecule has 0 saturated heterocycles. The average molecular weight is 202 g/mol. The summed E-state index contributed by atoms with van der Waals surface area (Å²) in [6, 6.07) is 6.51. The van der Waals surface area contributed by atoms with Crippen LogP contribution in [-0.4, -0.2) is 13.3 Å². The molecule has 0 atom stereocenters. The summed E-state index contributed by atoms with van der Waals surface area (Å²) in [6.45, 7) is 0. The van der Waals surface area contributed by atoms with Crippen molar-refractivity contribution in [3.05, 3.63) is 35.9 Å². The molecule has 0 aromatic heterocycles. The summed E-state index contributed by atoms with van der Waals surface area (Å²) >= 11 is 0. The van der Waals surface area contributed by atoms with E-state index in [1.807, 2.05) is 0 Å². The van der Waals surface area contributed by atoms with Crippen LogP contribution >= 0.6 is 0 Å². The van der Waals surface area contributed by atoms with Crippen molar-refractivity contribution in [2.24, 2.45) is 0 Å². The molecule has 0 aliphatic heterocycles. The maximum absolute atomic E-state index is 11.8. The summed E-state index contributed by atoms with van der Waals surface area (Å²) in [5.74, 6) is 0.424. The second-order valence-electron chi connectivity index (χ2n) is 2.62. The van der Waals surface area contributed by atoms with Gasteiger partial charge in [0, 0.05) is 11.6 Å². The molecule has 0 aliphatic carbocycles. The summed E-state index contributed by atoms with van der Waals surface area (Å²) in [5.41, 5.74) is 0.410. The Balaban J connectivity index is 2.91. The van der Waals surface area contributed by atoms with Crippen LogP contribution in [-0.2, 0) is 0 Å². The lowest BCUT2D eigenvalue weighted by Gasteiger charge is -2.04. The van der Waals surface area contributed by atoms with Crippen LogP contribution < -0.4 is 4.74 Å². The van der Waals surface area contributed by atoms with Gasteiger partial charge in [0.1, 0.15) is 5.75 Å². The summed E-state index contributed by atoms with van der Waals surface area (Å²) in [4.78, 5) is 0. The Bertz CT molecular complexity index is 328. The van der Waals surface area contributed by atoms with E-state index in [1.54, 1.807) is 24.3 Å². The molecule has 0 N–H and O–H groups in total. The molecule has 76 valence electrons. The lowest BCUT2D eigenvalue weighted by atomic mass is 10.2. The molecular formula is C10H9F3O. The van der Waals surface area contributed by atoms with Crippen molar-refractivity contribution in [3.8, 4) is 5.75 Å². The summed E-state index contributed by atoms with van der Waals surface area (Å²) in [5, 5.41) is 0. The van der Waals surface area contributed by atoms with E-state index < -0.39 is 6.18 Å². The predicted molar refractivity (Wildman–Crippen MR) is 48.1 cm³/mol. The van der Waals surface area contributed by atoms with E-state index in [-0.39, 0.29) is 6.08 Å². The van der Waals surface area contributed by atoms with Crippen molar-refractivity contribution in [2.45, 2.75) is 6.18 Å². The Morgan fingerprint density at radius 2 is 1.86 bits per heavy atom. The fourth-order valence-corrected chi connectivity index (χ4v) is 0.988. The second kappa shape index (κ2) is 4.17. The van der Waals surface area contributed by atoms with Gasteiger partial charge in [-0.1, -0.05) is 18.2 Å². The minimum Gasteiger partial charge on any atom is -0.496 e. The number of benzene rings is 1. The molecule has 14 heavy (non-hydrogen) atoms. The molecule has 1 nitrogen and oxygen atoms in total. The summed E-state index contributed by atoms with van der Waals surface area (Å²) in [6.07, 6.45) is -3.12. The van der Waals surface area contributed by atoms with E-state index in [0.717, 1.165) is 6.08 Å². The van der Waals surface area contributed by atoms with Gasteiger partial charge in [-0.25, -0.2) is 0 Å². The molecule has 1 rings (SSSR count). The lowest BCUT2D eigenvalue weighted by molar-refractivity contribution is -0.0790. The van der Waals surface area contributed by atoms with Gasteiger partial charge < -0.3 is 4.74 Å². The first-order chi connectivity index (χ1) is 6.53. The monoisotopic (exact) mass is 202 g/mol. The van der Waals surface area contributed by atoms with Crippen LogP contribution in [0.2, 0.25) is 0 Å². The van der Waals surface area contributed by atoms with Gasteiger partial charge in [-0.05, 0) is 12.1 Å². The van der Waals surface area contributed by atoms with Gasteiger partial charge in [-0.2, -0.15) is 13.2 Å². The molecule has 1 aromatic carbocycles. The highest BCUT2D eigenvalue weighted by atomic mass is 19.4. The van der Waals surface area contributed by atoms with E-state index >= 15 is 0 Å². The van der Waals surface area contributed by atoms with Gasteiger partial charge in [0.2, 0.25) is 0 Å². The number of alkyl halides is 3. The number of para-hydroxylation sites is 1. The molecular weight excluding hydrogens is 193 g/mol. The van der Waals surface area contributed by atoms with E-state index in [4.69, 9.17) is 4.74 Å². The highest BCUT2D eigenvalue weighted by Crippen LogP contribution is 2.22. The van der Waals surface area contributed by atoms with Crippen LogP contribution in [0.1, 0.15) is 5.56 Å². The third-order valence-electron chi connectivity index (χ3n) is 1.59. The Labute approximate surface area is 79.8 Å². The standard InChI is InChI=1S/C10H9F3O/c1-14-9-5-3-2-4-8(9)6-7-10(11,12)13/h2-7H,1H3/b7-6-. The zero-order valence-corrected chi connectivity index (χ0v) is 7.51. The number of allylic oxidation sites excluding steroid dienone is 1. The Kier molecular flexibility index (Phi) is 3.17. The molecule has 0 unspecified atom stereocenters. The van der Waals surface area contributed by atoms with Crippen molar-refractivity contribution in [1.29, 1.82) is 0 Å². The zero-order valence-electron chi connectivity index (χ0n) is 7.51. The zero-order chi connectivity index (χ0) is 10.6. The SMILES string of the molecule is COc1ccccc1/C=C\C(F)(F)F. The minimum absolute atomic E-state index is 0.185. The molecule has 0 fully saturated rings. The van der Waals surface area contributed by atoms with E-state index in [1.165, 1.54) is 7.11 Å². The van der Waals surface area contributed by atoms with Crippen molar-refractivity contribution in [1.82, 2.24) is 0 Å². The normalized spacial score (nSPS) is 12.0. The van der Waals surface area contributed by atoms with E-state index in [9.17, 15) is 13.2 Å². The quantitative estimate of drug-likeness (QED) is 0.715. The smallest absolute Gasteiger partial charge is 0.409 e. The molecule has 0 spiro atoms. The maximum atomic E-state index is 11.8. The van der Waals surface area contributed by atoms with Gasteiger partial charge in [0.25, 0.3) is 0 Å². The Morgan fingerprint density at radius 3 is 2.43 bits per heavy atom. The van der Waals surface area contributed by atoms with Crippen LogP contribution in [0, 0.1) is 0 Å². The van der Waals surface area contributed by atoms with Gasteiger partial charge in [0.15, 0.2) is 0 Å². The fraction of sp³-hybridized carbons (Fsp3) is 0.200. The number of halogens is 3. The first-order valence-corrected chi connectivity index (χ1v) is 3.92. The molecule has 0 saturated carbocycles. The Morgan fingerprint density at radius 1 is 1.21 bits per heavy atom. The fourth-order valence-electron chi connectivity index (χ4n) is 0.988. The summed E-state index contributed by atoms with van der Waals surface area (Å²) < 4.78 is 40.4. The average Bonchev–Trinajstić information content (AvgIpc) is 2.14. The van der Waals surface area contributed by atoms with Gasteiger partial charge in [0.05, 0.1) is 7.11 Å². The number of methoxy groups -OCH3 is 1. The minimum atomic E-state index is -4.29. The van der Waals surface area contributed by atoms with Gasteiger partial charge in [-0.3, -0.25) is 0 Å². The van der Waals surface area contributed by atoms with Crippen molar-refractivity contribution >= 4 is 6.08 Å². The van der Waals surface area contributed by atoms with Crippen LogP contribution in [0.15, 0.2) is 30.3 Å². The molecule has 1 aromatic rings. The molecule has 0 aliphatic rings. The van der Waals surface area contributed by atoms with Crippen molar-refractivity contribution in [3.63, 3.8) is 0 Å². The van der Waals surface area contributed by atoms with Crippen molar-refractivity contribution in [2.75, 3.05) is 7.11 Å². The number of rotatable bonds is 2. The highest BCUT2D eigenvalue weighted by molar-refractivity contribution is 5.57. The van der Waals surface area contributed by atoms with E-state index in [2.05, 4.69) is 0 Å². The summed E-state index contributed by atoms with van der Waals surface area (Å²) in [7, 11) is 1.42. The van der Waals surface area contributed by atoms with E-state index in [0.29, 0.717) is 11.3 Å². The number of ether oxygens (including phenoxy) is 1. The largest absolute Gasteiger partial charge is 0.496 e. The Hall–Kier alpha value is -1.45. The van der Waals surface area contributed by atoms with Crippen LogP contribution in [0.4, 0.5) is 13.2 Å². The molecule has 0 bridgehead atoms.